The second kappa shape index (κ2) is 10.7. The molecule has 0 fully saturated rings. The molecule has 9 heteroatoms. The van der Waals surface area contributed by atoms with Crippen molar-refractivity contribution in [1.82, 2.24) is 20.2 Å². The molecule has 0 spiro atoms. The number of thioether (sulfide) groups is 1. The molecule has 0 saturated heterocycles. The minimum absolute atomic E-state index is 0.0326. The van der Waals surface area contributed by atoms with Gasteiger partial charge in [0.25, 0.3) is 0 Å². The van der Waals surface area contributed by atoms with Gasteiger partial charge in [-0.15, -0.1) is 16.9 Å². The third-order valence-corrected chi connectivity index (χ3v) is 4.71. The molecule has 1 aromatic carbocycles. The van der Waals surface area contributed by atoms with E-state index in [0.29, 0.717) is 12.4 Å². The van der Waals surface area contributed by atoms with Crippen LogP contribution in [0, 0.1) is 13.8 Å². The van der Waals surface area contributed by atoms with Crippen LogP contribution in [0.25, 0.3) is 0 Å². The van der Waals surface area contributed by atoms with E-state index in [1.165, 1.54) is 11.8 Å². The quantitative estimate of drug-likeness (QED) is 0.621. The molecule has 27 heavy (non-hydrogen) atoms. The van der Waals surface area contributed by atoms with Crippen molar-refractivity contribution < 1.29 is 14.3 Å². The highest BCUT2D eigenvalue weighted by molar-refractivity contribution is 8.00. The number of nitrogens with zero attached hydrogens (tertiary/aromatic N) is 4. The molecule has 8 nitrogen and oxygen atoms in total. The molecule has 2 rings (SSSR count). The van der Waals surface area contributed by atoms with Gasteiger partial charge in [0, 0.05) is 12.2 Å². The Balaban J connectivity index is 1.68. The van der Waals surface area contributed by atoms with Crippen molar-refractivity contribution in [3.05, 3.63) is 35.2 Å². The number of nitrogens with one attached hydrogen (secondary N) is 1. The number of rotatable bonds is 10. The van der Waals surface area contributed by atoms with E-state index in [2.05, 4.69) is 27.8 Å². The first-order chi connectivity index (χ1) is 13.0. The zero-order chi connectivity index (χ0) is 19.6. The second-order valence-corrected chi connectivity index (χ2v) is 7.18. The summed E-state index contributed by atoms with van der Waals surface area (Å²) in [6.07, 6.45) is 1.98. The van der Waals surface area contributed by atoms with E-state index >= 15 is 0 Å². The van der Waals surface area contributed by atoms with Gasteiger partial charge in [0.15, 0.2) is 12.4 Å². The molecular formula is C18H25N5O3S. The fourth-order valence-corrected chi connectivity index (χ4v) is 2.97. The van der Waals surface area contributed by atoms with Crippen LogP contribution in [0.3, 0.4) is 0 Å². The first-order valence-corrected chi connectivity index (χ1v) is 10.0. The van der Waals surface area contributed by atoms with Gasteiger partial charge in [-0.05, 0) is 42.3 Å². The van der Waals surface area contributed by atoms with Crippen LogP contribution < -0.4 is 5.32 Å². The fraction of sp³-hybridized carbons (Fsp3) is 0.500. The lowest BCUT2D eigenvalue weighted by molar-refractivity contribution is -0.142. The molecule has 0 aliphatic heterocycles. The average molecular weight is 391 g/mol. The molecule has 0 radical (unpaired) electrons. The number of carbonyl (C=O) groups is 2. The smallest absolute Gasteiger partial charge is 0.316 e. The highest BCUT2D eigenvalue weighted by atomic mass is 32.2. The molecule has 1 amide bonds. The molecule has 146 valence electrons. The van der Waals surface area contributed by atoms with E-state index < -0.39 is 5.97 Å². The van der Waals surface area contributed by atoms with Crippen LogP contribution in [0.5, 0.6) is 0 Å². The van der Waals surface area contributed by atoms with Crippen LogP contribution >= 0.6 is 11.8 Å². The molecule has 0 aliphatic rings. The highest BCUT2D eigenvalue weighted by Gasteiger charge is 2.11. The van der Waals surface area contributed by atoms with Crippen LogP contribution in [0.2, 0.25) is 0 Å². The summed E-state index contributed by atoms with van der Waals surface area (Å²) in [6.45, 7) is 6.76. The largest absolute Gasteiger partial charge is 0.457 e. The second-order valence-electron chi connectivity index (χ2n) is 6.19. The number of esters is 1. The SMILES string of the molecule is CCCCn1nnnc1COC(=O)CSCC(=O)Nc1ccc(C)cc1C. The fourth-order valence-electron chi connectivity index (χ4n) is 2.36. The molecular weight excluding hydrogens is 366 g/mol. The number of benzene rings is 1. The van der Waals surface area contributed by atoms with Crippen molar-refractivity contribution in [3.8, 4) is 0 Å². The number of carbonyl (C=O) groups excluding carboxylic acids is 2. The van der Waals surface area contributed by atoms with Gasteiger partial charge in [-0.3, -0.25) is 9.59 Å². The zero-order valence-corrected chi connectivity index (χ0v) is 16.7. The minimum Gasteiger partial charge on any atom is -0.457 e. The van der Waals surface area contributed by atoms with E-state index in [1.807, 2.05) is 32.0 Å². The Bertz CT molecular complexity index is 778. The van der Waals surface area contributed by atoms with Gasteiger partial charge in [0.1, 0.15) is 0 Å². The van der Waals surface area contributed by atoms with Crippen molar-refractivity contribution in [1.29, 1.82) is 0 Å². The third-order valence-electron chi connectivity index (χ3n) is 3.80. The molecule has 1 heterocycles. The number of ether oxygens (including phenoxy) is 1. The summed E-state index contributed by atoms with van der Waals surface area (Å²) in [4.78, 5) is 23.8. The Morgan fingerprint density at radius 3 is 2.81 bits per heavy atom. The Kier molecular flexibility index (Phi) is 8.25. The molecule has 0 atom stereocenters. The monoisotopic (exact) mass is 391 g/mol. The number of hydrogen-bond acceptors (Lipinski definition) is 7. The Morgan fingerprint density at radius 1 is 1.26 bits per heavy atom. The molecule has 1 N–H and O–H groups in total. The third kappa shape index (κ3) is 7.01. The number of aromatic nitrogens is 4. The topological polar surface area (TPSA) is 99.0 Å². The molecule has 0 bridgehead atoms. The number of amides is 1. The van der Waals surface area contributed by atoms with Crippen LogP contribution in [0.4, 0.5) is 5.69 Å². The first kappa shape index (κ1) is 20.9. The van der Waals surface area contributed by atoms with Crippen LogP contribution in [0.15, 0.2) is 18.2 Å². The average Bonchev–Trinajstić information content (AvgIpc) is 3.08. The standard InChI is InChI=1S/C18H25N5O3S/c1-4-5-8-23-16(20-21-22-23)10-26-18(25)12-27-11-17(24)19-15-7-6-13(2)9-14(15)3/h6-7,9H,4-5,8,10-12H2,1-3H3,(H,19,24). The van der Waals surface area contributed by atoms with Crippen molar-refractivity contribution in [2.75, 3.05) is 16.8 Å². The minimum atomic E-state index is -0.399. The van der Waals surface area contributed by atoms with Gasteiger partial charge >= 0.3 is 5.97 Å². The number of tetrazole rings is 1. The van der Waals surface area contributed by atoms with E-state index in [1.54, 1.807) is 4.68 Å². The summed E-state index contributed by atoms with van der Waals surface area (Å²) in [5.74, 6) is 0.245. The van der Waals surface area contributed by atoms with Gasteiger partial charge in [-0.1, -0.05) is 31.0 Å². The summed E-state index contributed by atoms with van der Waals surface area (Å²) in [5, 5.41) is 14.2. The van der Waals surface area contributed by atoms with Gasteiger partial charge in [0.05, 0.1) is 11.5 Å². The van der Waals surface area contributed by atoms with Crippen LogP contribution in [0.1, 0.15) is 36.7 Å². The maximum atomic E-state index is 12.0. The summed E-state index contributed by atoms with van der Waals surface area (Å²) in [5.41, 5.74) is 2.93. The lowest BCUT2D eigenvalue weighted by atomic mass is 10.1. The first-order valence-electron chi connectivity index (χ1n) is 8.85. The van der Waals surface area contributed by atoms with Crippen molar-refractivity contribution in [2.24, 2.45) is 0 Å². The Morgan fingerprint density at radius 2 is 2.07 bits per heavy atom. The van der Waals surface area contributed by atoms with Crippen molar-refractivity contribution in [2.45, 2.75) is 46.8 Å². The molecule has 1 aromatic heterocycles. The van der Waals surface area contributed by atoms with E-state index in [0.717, 1.165) is 29.7 Å². The Hall–Kier alpha value is -2.42. The van der Waals surface area contributed by atoms with Gasteiger partial charge < -0.3 is 10.1 Å². The van der Waals surface area contributed by atoms with Gasteiger partial charge in [0.2, 0.25) is 5.91 Å². The normalized spacial score (nSPS) is 10.6. The summed E-state index contributed by atoms with van der Waals surface area (Å²) in [7, 11) is 0. The zero-order valence-electron chi connectivity index (χ0n) is 15.9. The van der Waals surface area contributed by atoms with E-state index in [4.69, 9.17) is 4.74 Å². The molecule has 0 saturated carbocycles. The number of aryl methyl sites for hydroxylation is 3. The summed E-state index contributed by atoms with van der Waals surface area (Å²) in [6, 6.07) is 5.83. The lowest BCUT2D eigenvalue weighted by Gasteiger charge is -2.09. The van der Waals surface area contributed by atoms with Crippen molar-refractivity contribution in [3.63, 3.8) is 0 Å². The highest BCUT2D eigenvalue weighted by Crippen LogP contribution is 2.16. The molecule has 2 aromatic rings. The summed E-state index contributed by atoms with van der Waals surface area (Å²) < 4.78 is 6.82. The van der Waals surface area contributed by atoms with Gasteiger partial charge in [-0.2, -0.15) is 0 Å². The Labute approximate surface area is 163 Å². The predicted octanol–water partition coefficient (Wildman–Crippen LogP) is 2.51. The number of hydrogen-bond donors (Lipinski definition) is 1. The maximum absolute atomic E-state index is 12.0. The lowest BCUT2D eigenvalue weighted by Crippen LogP contribution is -2.17. The summed E-state index contributed by atoms with van der Waals surface area (Å²) >= 11 is 1.21. The van der Waals surface area contributed by atoms with E-state index in [-0.39, 0.29) is 24.0 Å². The van der Waals surface area contributed by atoms with Crippen LogP contribution in [-0.2, 0) is 27.5 Å². The van der Waals surface area contributed by atoms with Crippen molar-refractivity contribution >= 4 is 29.3 Å². The maximum Gasteiger partial charge on any atom is 0.316 e. The molecule has 0 aliphatic carbocycles. The van der Waals surface area contributed by atoms with Crippen LogP contribution in [-0.4, -0.2) is 43.6 Å². The number of unbranched alkanes of at least 4 members (excludes halogenated alkanes) is 1. The molecule has 0 unspecified atom stereocenters. The number of anilines is 1. The van der Waals surface area contributed by atoms with E-state index in [9.17, 15) is 9.59 Å². The predicted molar refractivity (Wildman–Crippen MR) is 104 cm³/mol. The van der Waals surface area contributed by atoms with Gasteiger partial charge in [-0.25, -0.2) is 4.68 Å².